The molecule has 7 heteroatoms. The van der Waals surface area contributed by atoms with E-state index in [-0.39, 0.29) is 5.56 Å². The van der Waals surface area contributed by atoms with Gasteiger partial charge in [0.05, 0.1) is 5.56 Å². The molecule has 148 valence electrons. The van der Waals surface area contributed by atoms with E-state index in [0.717, 1.165) is 50.3 Å². The zero-order valence-corrected chi connectivity index (χ0v) is 15.4. The maximum atomic E-state index is 12.6. The Morgan fingerprint density at radius 2 is 1.82 bits per heavy atom. The summed E-state index contributed by atoms with van der Waals surface area (Å²) in [5, 5.41) is 2.77. The number of aromatic nitrogens is 1. The van der Waals surface area contributed by atoms with E-state index in [1.165, 1.54) is 30.4 Å². The molecule has 1 saturated carbocycles. The summed E-state index contributed by atoms with van der Waals surface area (Å²) in [4.78, 5) is 18.3. The summed E-state index contributed by atoms with van der Waals surface area (Å²) in [7, 11) is 0. The Balaban J connectivity index is 1.43. The number of hydrogen-bond acceptors (Lipinski definition) is 3. The number of carbonyl (C=O) groups is 1. The summed E-state index contributed by atoms with van der Waals surface area (Å²) < 4.78 is 37.8. The molecule has 0 bridgehead atoms. The second-order valence-electron chi connectivity index (χ2n) is 7.49. The predicted molar refractivity (Wildman–Crippen MR) is 100 cm³/mol. The van der Waals surface area contributed by atoms with Crippen LogP contribution in [0.5, 0.6) is 0 Å². The number of alkyl halides is 3. The van der Waals surface area contributed by atoms with Crippen molar-refractivity contribution in [1.82, 2.24) is 9.88 Å². The SMILES string of the molecule is O=C(Nc1ccc2c(c1)CCN(C1CCC1)CC2)c1ccc(C(F)(F)F)nc1. The lowest BCUT2D eigenvalue weighted by atomic mass is 9.91. The molecule has 2 heterocycles. The number of nitrogens with zero attached hydrogens (tertiary/aromatic N) is 2. The molecular formula is C21H22F3N3O. The fraction of sp³-hybridized carbons (Fsp3) is 0.429. The molecule has 1 N–H and O–H groups in total. The highest BCUT2D eigenvalue weighted by molar-refractivity contribution is 6.04. The molecule has 1 aliphatic carbocycles. The molecule has 4 nitrogen and oxygen atoms in total. The van der Waals surface area contributed by atoms with Gasteiger partial charge in [0.25, 0.3) is 5.91 Å². The van der Waals surface area contributed by atoms with Gasteiger partial charge >= 0.3 is 6.18 Å². The monoisotopic (exact) mass is 389 g/mol. The Kier molecular flexibility index (Phi) is 5.10. The second-order valence-corrected chi connectivity index (χ2v) is 7.49. The first kappa shape index (κ1) is 18.9. The summed E-state index contributed by atoms with van der Waals surface area (Å²) in [6.07, 6.45) is 2.29. The van der Waals surface area contributed by atoms with E-state index in [9.17, 15) is 18.0 Å². The second kappa shape index (κ2) is 7.54. The van der Waals surface area contributed by atoms with Gasteiger partial charge in [-0.2, -0.15) is 13.2 Å². The lowest BCUT2D eigenvalue weighted by Gasteiger charge is -2.36. The molecule has 28 heavy (non-hydrogen) atoms. The van der Waals surface area contributed by atoms with Crippen molar-refractivity contribution in [2.45, 2.75) is 44.3 Å². The summed E-state index contributed by atoms with van der Waals surface area (Å²) in [6.45, 7) is 2.10. The molecule has 0 saturated heterocycles. The van der Waals surface area contributed by atoms with Gasteiger partial charge in [-0.25, -0.2) is 0 Å². The maximum Gasteiger partial charge on any atom is 0.433 e. The van der Waals surface area contributed by atoms with Crippen LogP contribution in [0, 0.1) is 0 Å². The first-order chi connectivity index (χ1) is 13.4. The maximum absolute atomic E-state index is 12.6. The summed E-state index contributed by atoms with van der Waals surface area (Å²) in [5.41, 5.74) is 2.27. The fourth-order valence-corrected chi connectivity index (χ4v) is 3.84. The van der Waals surface area contributed by atoms with Crippen molar-refractivity contribution in [2.75, 3.05) is 18.4 Å². The van der Waals surface area contributed by atoms with Crippen LogP contribution in [0.15, 0.2) is 36.5 Å². The van der Waals surface area contributed by atoms with E-state index in [2.05, 4.69) is 15.2 Å². The number of fused-ring (bicyclic) bond motifs is 1. The van der Waals surface area contributed by atoms with E-state index in [1.807, 2.05) is 18.2 Å². The minimum atomic E-state index is -4.51. The van der Waals surface area contributed by atoms with Crippen LogP contribution >= 0.6 is 0 Å². The average molecular weight is 389 g/mol. The highest BCUT2D eigenvalue weighted by atomic mass is 19.4. The van der Waals surface area contributed by atoms with E-state index >= 15 is 0 Å². The van der Waals surface area contributed by atoms with Crippen molar-refractivity contribution in [3.05, 3.63) is 58.9 Å². The standard InChI is InChI=1S/C21H22F3N3O/c22-21(23,24)19-7-5-16(13-25-19)20(28)26-17-6-4-14-8-10-27(18-2-1-3-18)11-9-15(14)12-17/h4-7,12-13,18H,1-3,8-11H2,(H,26,28). The molecular weight excluding hydrogens is 367 g/mol. The Bertz CT molecular complexity index is 860. The third-order valence-electron chi connectivity index (χ3n) is 5.71. The Morgan fingerprint density at radius 1 is 1.07 bits per heavy atom. The van der Waals surface area contributed by atoms with E-state index in [0.29, 0.717) is 5.69 Å². The molecule has 0 unspecified atom stereocenters. The van der Waals surface area contributed by atoms with Crippen LogP contribution in [0.3, 0.4) is 0 Å². The Labute approximate surface area is 161 Å². The number of rotatable bonds is 3. The van der Waals surface area contributed by atoms with Crippen LogP contribution in [0.4, 0.5) is 18.9 Å². The van der Waals surface area contributed by atoms with Crippen molar-refractivity contribution < 1.29 is 18.0 Å². The number of carbonyl (C=O) groups excluding carboxylic acids is 1. The largest absolute Gasteiger partial charge is 0.433 e. The molecule has 2 aromatic rings. The molecule has 0 radical (unpaired) electrons. The lowest BCUT2D eigenvalue weighted by molar-refractivity contribution is -0.141. The molecule has 0 spiro atoms. The topological polar surface area (TPSA) is 45.2 Å². The van der Waals surface area contributed by atoms with Crippen LogP contribution < -0.4 is 5.32 Å². The van der Waals surface area contributed by atoms with Gasteiger partial charge in [-0.05, 0) is 61.1 Å². The average Bonchev–Trinajstić information content (AvgIpc) is 2.82. The van der Waals surface area contributed by atoms with Gasteiger partial charge in [-0.1, -0.05) is 12.5 Å². The van der Waals surface area contributed by atoms with Gasteiger partial charge in [0.15, 0.2) is 0 Å². The van der Waals surface area contributed by atoms with Crippen molar-refractivity contribution in [1.29, 1.82) is 0 Å². The van der Waals surface area contributed by atoms with Crippen LogP contribution in [0.1, 0.15) is 46.4 Å². The van der Waals surface area contributed by atoms with Crippen LogP contribution in [0.2, 0.25) is 0 Å². The minimum Gasteiger partial charge on any atom is -0.322 e. The first-order valence-electron chi connectivity index (χ1n) is 9.60. The number of benzene rings is 1. The molecule has 4 rings (SSSR count). The van der Waals surface area contributed by atoms with Gasteiger partial charge in [-0.3, -0.25) is 14.7 Å². The molecule has 1 aromatic heterocycles. The van der Waals surface area contributed by atoms with E-state index in [4.69, 9.17) is 0 Å². The normalized spacial score (nSPS) is 18.1. The van der Waals surface area contributed by atoms with Crippen LogP contribution in [-0.4, -0.2) is 34.9 Å². The van der Waals surface area contributed by atoms with Crippen molar-refractivity contribution in [3.8, 4) is 0 Å². The Morgan fingerprint density at radius 3 is 2.43 bits per heavy atom. The Hall–Kier alpha value is -2.41. The van der Waals surface area contributed by atoms with Crippen LogP contribution in [-0.2, 0) is 19.0 Å². The first-order valence-corrected chi connectivity index (χ1v) is 9.60. The predicted octanol–water partition coefficient (Wildman–Crippen LogP) is 4.31. The minimum absolute atomic E-state index is 0.0964. The van der Waals surface area contributed by atoms with Crippen LogP contribution in [0.25, 0.3) is 0 Å². The number of hydrogen-bond donors (Lipinski definition) is 1. The fourth-order valence-electron chi connectivity index (χ4n) is 3.84. The van der Waals surface area contributed by atoms with Gasteiger partial charge in [0.1, 0.15) is 5.69 Å². The highest BCUT2D eigenvalue weighted by Crippen LogP contribution is 2.29. The van der Waals surface area contributed by atoms with Gasteiger partial charge in [-0.15, -0.1) is 0 Å². The number of amides is 1. The summed E-state index contributed by atoms with van der Waals surface area (Å²) in [6, 6.07) is 8.56. The highest BCUT2D eigenvalue weighted by Gasteiger charge is 2.32. The zero-order valence-electron chi connectivity index (χ0n) is 15.4. The zero-order chi connectivity index (χ0) is 19.7. The summed E-state index contributed by atoms with van der Waals surface area (Å²) in [5.74, 6) is -0.467. The molecule has 1 fully saturated rings. The van der Waals surface area contributed by atoms with E-state index in [1.54, 1.807) is 0 Å². The third-order valence-corrected chi connectivity index (χ3v) is 5.71. The van der Waals surface area contributed by atoms with Gasteiger partial charge < -0.3 is 5.32 Å². The lowest BCUT2D eigenvalue weighted by Crippen LogP contribution is -2.41. The molecule has 1 aromatic carbocycles. The number of nitrogens with one attached hydrogen (secondary N) is 1. The van der Waals surface area contributed by atoms with Gasteiger partial charge in [0, 0.05) is 31.0 Å². The van der Waals surface area contributed by atoms with Crippen molar-refractivity contribution in [2.24, 2.45) is 0 Å². The smallest absolute Gasteiger partial charge is 0.322 e. The molecule has 2 aliphatic rings. The quantitative estimate of drug-likeness (QED) is 0.851. The number of halogens is 3. The molecule has 1 aliphatic heterocycles. The number of pyridine rings is 1. The van der Waals surface area contributed by atoms with Crippen molar-refractivity contribution >= 4 is 11.6 Å². The van der Waals surface area contributed by atoms with E-state index < -0.39 is 17.8 Å². The van der Waals surface area contributed by atoms with Crippen molar-refractivity contribution in [3.63, 3.8) is 0 Å². The molecule has 1 amide bonds. The molecule has 0 atom stereocenters. The third kappa shape index (κ3) is 4.04. The number of anilines is 1. The van der Waals surface area contributed by atoms with Gasteiger partial charge in [0.2, 0.25) is 0 Å². The summed E-state index contributed by atoms with van der Waals surface area (Å²) >= 11 is 0.